The van der Waals surface area contributed by atoms with E-state index in [1.165, 1.54) is 12.1 Å². The van der Waals surface area contributed by atoms with E-state index in [1.807, 2.05) is 32.0 Å². The smallest absolute Gasteiger partial charge is 0.264 e. The average molecular weight is 340 g/mol. The zero-order chi connectivity index (χ0) is 18.1. The number of carbonyl (C=O) groups excluding carboxylic acids is 3. The highest BCUT2D eigenvalue weighted by molar-refractivity contribution is 6.21. The number of anilines is 1. The molecule has 128 valence electrons. The van der Waals surface area contributed by atoms with Gasteiger partial charge in [-0.15, -0.1) is 0 Å². The maximum absolute atomic E-state index is 13.8. The number of aryl methyl sites for hydroxylation is 2. The van der Waals surface area contributed by atoms with Gasteiger partial charge in [-0.25, -0.2) is 4.39 Å². The minimum atomic E-state index is -0.724. The van der Waals surface area contributed by atoms with Gasteiger partial charge in [0.15, 0.2) is 0 Å². The Morgan fingerprint density at radius 2 is 1.88 bits per heavy atom. The summed E-state index contributed by atoms with van der Waals surface area (Å²) in [4.78, 5) is 37.5. The minimum Gasteiger partial charge on any atom is -0.326 e. The normalized spacial score (nSPS) is 13.2. The third-order valence-electron chi connectivity index (χ3n) is 4.18. The Balaban J connectivity index is 1.67. The van der Waals surface area contributed by atoms with E-state index < -0.39 is 17.6 Å². The molecule has 0 atom stereocenters. The van der Waals surface area contributed by atoms with Crippen LogP contribution in [0.3, 0.4) is 0 Å². The van der Waals surface area contributed by atoms with E-state index in [4.69, 9.17) is 0 Å². The number of imide groups is 1. The lowest BCUT2D eigenvalue weighted by molar-refractivity contribution is -0.116. The van der Waals surface area contributed by atoms with Crippen LogP contribution in [0.15, 0.2) is 36.4 Å². The van der Waals surface area contributed by atoms with Crippen molar-refractivity contribution in [1.82, 2.24) is 4.90 Å². The second-order valence-electron chi connectivity index (χ2n) is 6.04. The van der Waals surface area contributed by atoms with Crippen LogP contribution < -0.4 is 5.32 Å². The molecule has 1 N–H and O–H groups in total. The van der Waals surface area contributed by atoms with E-state index in [0.717, 1.165) is 22.1 Å². The highest BCUT2D eigenvalue weighted by Gasteiger charge is 2.37. The Bertz CT molecular complexity index is 892. The second-order valence-corrected chi connectivity index (χ2v) is 6.04. The van der Waals surface area contributed by atoms with Crippen LogP contribution >= 0.6 is 0 Å². The fraction of sp³-hybridized carbons (Fsp3) is 0.211. The number of amides is 3. The molecule has 0 aliphatic carbocycles. The van der Waals surface area contributed by atoms with E-state index in [1.54, 1.807) is 0 Å². The molecule has 6 heteroatoms. The van der Waals surface area contributed by atoms with Gasteiger partial charge >= 0.3 is 0 Å². The summed E-state index contributed by atoms with van der Waals surface area (Å²) in [5.74, 6) is -2.31. The lowest BCUT2D eigenvalue weighted by atomic mass is 10.1. The third kappa shape index (κ3) is 3.15. The van der Waals surface area contributed by atoms with Crippen molar-refractivity contribution in [2.24, 2.45) is 0 Å². The number of rotatable bonds is 4. The van der Waals surface area contributed by atoms with E-state index in [-0.39, 0.29) is 30.0 Å². The number of nitrogens with one attached hydrogen (secondary N) is 1. The molecule has 1 heterocycles. The highest BCUT2D eigenvalue weighted by Crippen LogP contribution is 2.25. The first kappa shape index (κ1) is 16.8. The predicted molar refractivity (Wildman–Crippen MR) is 90.9 cm³/mol. The maximum Gasteiger partial charge on any atom is 0.264 e. The molecule has 2 aromatic carbocycles. The Hall–Kier alpha value is -3.02. The van der Waals surface area contributed by atoms with Gasteiger partial charge in [0, 0.05) is 18.7 Å². The van der Waals surface area contributed by atoms with Crippen molar-refractivity contribution >= 4 is 23.4 Å². The molecule has 0 aromatic heterocycles. The van der Waals surface area contributed by atoms with Gasteiger partial charge in [0.2, 0.25) is 5.91 Å². The van der Waals surface area contributed by atoms with Gasteiger partial charge < -0.3 is 5.32 Å². The van der Waals surface area contributed by atoms with Gasteiger partial charge in [-0.2, -0.15) is 0 Å². The number of nitrogens with zero attached hydrogens (tertiary/aromatic N) is 1. The monoisotopic (exact) mass is 340 g/mol. The standard InChI is InChI=1S/C19H17FN2O3/c1-11-6-7-12(2)15(10-11)21-16(23)8-9-22-18(24)13-4-3-5-14(20)17(13)19(22)25/h3-7,10H,8-9H2,1-2H3,(H,21,23). The van der Waals surface area contributed by atoms with Gasteiger partial charge in [0.25, 0.3) is 11.8 Å². The molecule has 0 spiro atoms. The van der Waals surface area contributed by atoms with Crippen LogP contribution in [0.2, 0.25) is 0 Å². The first-order valence-corrected chi connectivity index (χ1v) is 7.90. The molecule has 1 aliphatic rings. The molecule has 25 heavy (non-hydrogen) atoms. The van der Waals surface area contributed by atoms with Crippen LogP contribution in [0.1, 0.15) is 38.3 Å². The summed E-state index contributed by atoms with van der Waals surface area (Å²) in [7, 11) is 0. The molecule has 3 amide bonds. The van der Waals surface area contributed by atoms with Crippen LogP contribution in [0.5, 0.6) is 0 Å². The fourth-order valence-electron chi connectivity index (χ4n) is 2.79. The average Bonchev–Trinajstić information content (AvgIpc) is 2.81. The molecule has 0 fully saturated rings. The van der Waals surface area contributed by atoms with Crippen molar-refractivity contribution in [3.05, 3.63) is 64.5 Å². The first-order valence-electron chi connectivity index (χ1n) is 7.90. The van der Waals surface area contributed by atoms with Crippen LogP contribution in [-0.2, 0) is 4.79 Å². The molecular weight excluding hydrogens is 323 g/mol. The molecule has 2 aromatic rings. The first-order chi connectivity index (χ1) is 11.9. The fourth-order valence-corrected chi connectivity index (χ4v) is 2.79. The highest BCUT2D eigenvalue weighted by atomic mass is 19.1. The number of hydrogen-bond donors (Lipinski definition) is 1. The van der Waals surface area contributed by atoms with Crippen molar-refractivity contribution in [1.29, 1.82) is 0 Å². The second kappa shape index (κ2) is 6.47. The van der Waals surface area contributed by atoms with E-state index >= 15 is 0 Å². The quantitative estimate of drug-likeness (QED) is 0.870. The largest absolute Gasteiger partial charge is 0.326 e. The molecule has 0 unspecified atom stereocenters. The number of hydrogen-bond acceptors (Lipinski definition) is 3. The third-order valence-corrected chi connectivity index (χ3v) is 4.18. The summed E-state index contributed by atoms with van der Waals surface area (Å²) < 4.78 is 13.8. The Morgan fingerprint density at radius 1 is 1.12 bits per heavy atom. The zero-order valence-corrected chi connectivity index (χ0v) is 13.9. The molecule has 3 rings (SSSR count). The summed E-state index contributed by atoms with van der Waals surface area (Å²) in [5.41, 5.74) is 2.44. The number of halogens is 1. The van der Waals surface area contributed by atoms with Crippen LogP contribution in [0.25, 0.3) is 0 Å². The summed E-state index contributed by atoms with van der Waals surface area (Å²) in [5, 5.41) is 2.77. The van der Waals surface area contributed by atoms with Gasteiger partial charge in [-0.05, 0) is 43.2 Å². The van der Waals surface area contributed by atoms with Crippen molar-refractivity contribution < 1.29 is 18.8 Å². The van der Waals surface area contributed by atoms with Crippen molar-refractivity contribution in [3.63, 3.8) is 0 Å². The molecule has 0 saturated heterocycles. The van der Waals surface area contributed by atoms with Crippen molar-refractivity contribution in [3.8, 4) is 0 Å². The van der Waals surface area contributed by atoms with Crippen LogP contribution in [-0.4, -0.2) is 29.2 Å². The molecule has 1 aliphatic heterocycles. The number of fused-ring (bicyclic) bond motifs is 1. The maximum atomic E-state index is 13.8. The van der Waals surface area contributed by atoms with E-state index in [2.05, 4.69) is 5.32 Å². The summed E-state index contributed by atoms with van der Waals surface area (Å²) >= 11 is 0. The molecule has 0 saturated carbocycles. The Labute approximate surface area is 144 Å². The number of carbonyl (C=O) groups is 3. The predicted octanol–water partition coefficient (Wildman–Crippen LogP) is 3.07. The minimum absolute atomic E-state index is 0.0416. The Kier molecular flexibility index (Phi) is 4.35. The molecule has 0 bridgehead atoms. The molecular formula is C19H17FN2O3. The summed E-state index contributed by atoms with van der Waals surface area (Å²) in [6.45, 7) is 3.70. The zero-order valence-electron chi connectivity index (χ0n) is 13.9. The van der Waals surface area contributed by atoms with Gasteiger partial charge in [0.05, 0.1) is 11.1 Å². The SMILES string of the molecule is Cc1ccc(C)c(NC(=O)CCN2C(=O)c3cccc(F)c3C2=O)c1. The van der Waals surface area contributed by atoms with Crippen molar-refractivity contribution in [2.75, 3.05) is 11.9 Å². The van der Waals surface area contributed by atoms with Gasteiger partial charge in [-0.3, -0.25) is 19.3 Å². The topological polar surface area (TPSA) is 66.5 Å². The lowest BCUT2D eigenvalue weighted by Crippen LogP contribution is -2.33. The summed E-state index contributed by atoms with van der Waals surface area (Å²) in [6.07, 6.45) is -0.0551. The lowest BCUT2D eigenvalue weighted by Gasteiger charge is -2.14. The van der Waals surface area contributed by atoms with Crippen molar-refractivity contribution in [2.45, 2.75) is 20.3 Å². The van der Waals surface area contributed by atoms with Gasteiger partial charge in [-0.1, -0.05) is 18.2 Å². The van der Waals surface area contributed by atoms with Gasteiger partial charge in [0.1, 0.15) is 5.82 Å². The molecule has 5 nitrogen and oxygen atoms in total. The van der Waals surface area contributed by atoms with Crippen LogP contribution in [0.4, 0.5) is 10.1 Å². The van der Waals surface area contributed by atoms with Crippen LogP contribution in [0, 0.1) is 19.7 Å². The number of benzene rings is 2. The summed E-state index contributed by atoms with van der Waals surface area (Å²) in [6, 6.07) is 9.63. The Morgan fingerprint density at radius 3 is 2.60 bits per heavy atom. The van der Waals surface area contributed by atoms with E-state index in [0.29, 0.717) is 5.69 Å². The molecule has 0 radical (unpaired) electrons. The van der Waals surface area contributed by atoms with E-state index in [9.17, 15) is 18.8 Å².